The molecule has 0 bridgehead atoms. The number of nitrogens with zero attached hydrogens (tertiary/aromatic N) is 1. The van der Waals surface area contributed by atoms with Crippen molar-refractivity contribution in [3.8, 4) is 0 Å². The van der Waals surface area contributed by atoms with Crippen LogP contribution in [0.3, 0.4) is 0 Å². The number of likely N-dealkylation sites (N-methyl/N-ethyl adjacent to an activating group) is 1. The van der Waals surface area contributed by atoms with Crippen LogP contribution in [-0.2, 0) is 11.3 Å². The zero-order valence-electron chi connectivity index (χ0n) is 12.1. The van der Waals surface area contributed by atoms with Crippen LogP contribution >= 0.6 is 0 Å². The topological polar surface area (TPSA) is 45.5 Å². The highest BCUT2D eigenvalue weighted by Gasteiger charge is 2.28. The summed E-state index contributed by atoms with van der Waals surface area (Å²) < 4.78 is 19.0. The van der Waals surface area contributed by atoms with Crippen molar-refractivity contribution in [3.05, 3.63) is 35.8 Å². The van der Waals surface area contributed by atoms with Crippen LogP contribution in [0, 0.1) is 5.82 Å². The number of likely N-dealkylation sites (tertiary alicyclic amines) is 1. The lowest BCUT2D eigenvalue weighted by molar-refractivity contribution is -0.127. The van der Waals surface area contributed by atoms with Crippen molar-refractivity contribution >= 4 is 16.9 Å². The highest BCUT2D eigenvalue weighted by Crippen LogP contribution is 2.24. The molecule has 0 unspecified atom stereocenters. The molecule has 3 rings (SSSR count). The van der Waals surface area contributed by atoms with Gasteiger partial charge in [0.1, 0.15) is 17.2 Å². The summed E-state index contributed by atoms with van der Waals surface area (Å²) in [5.41, 5.74) is 0.680. The van der Waals surface area contributed by atoms with Crippen LogP contribution in [0.2, 0.25) is 0 Å². The number of rotatable bonds is 3. The van der Waals surface area contributed by atoms with Gasteiger partial charge in [-0.2, -0.15) is 0 Å². The Labute approximate surface area is 122 Å². The number of fused-ring (bicyclic) bond motifs is 1. The van der Waals surface area contributed by atoms with Crippen LogP contribution in [0.15, 0.2) is 28.7 Å². The Hall–Kier alpha value is -1.88. The maximum atomic E-state index is 13.2. The van der Waals surface area contributed by atoms with Gasteiger partial charge >= 0.3 is 0 Å². The standard InChI is InChI=1S/C16H19FN2O2/c1-18-16(20)14-4-2-3-7-19(14)10-13-9-11-8-12(17)5-6-15(11)21-13/h5-6,8-9,14H,2-4,7,10H2,1H3,(H,18,20)/t14-/m0/s1. The predicted octanol–water partition coefficient (Wildman–Crippen LogP) is 2.67. The third kappa shape index (κ3) is 2.93. The second-order valence-electron chi connectivity index (χ2n) is 5.49. The average molecular weight is 290 g/mol. The molecule has 4 nitrogen and oxygen atoms in total. The van der Waals surface area contributed by atoms with Gasteiger partial charge in [-0.1, -0.05) is 6.42 Å². The molecule has 1 aliphatic heterocycles. The number of halogens is 1. The van der Waals surface area contributed by atoms with Gasteiger partial charge in [0, 0.05) is 12.4 Å². The molecule has 1 aromatic heterocycles. The number of hydrogen-bond acceptors (Lipinski definition) is 3. The van der Waals surface area contributed by atoms with Crippen molar-refractivity contribution in [3.63, 3.8) is 0 Å². The number of nitrogens with one attached hydrogen (secondary N) is 1. The Balaban J connectivity index is 1.80. The van der Waals surface area contributed by atoms with E-state index < -0.39 is 0 Å². The summed E-state index contributed by atoms with van der Waals surface area (Å²) in [7, 11) is 1.67. The van der Waals surface area contributed by atoms with Gasteiger partial charge in [0.25, 0.3) is 0 Å². The van der Waals surface area contributed by atoms with E-state index in [9.17, 15) is 9.18 Å². The second kappa shape index (κ2) is 5.85. The molecule has 1 amide bonds. The summed E-state index contributed by atoms with van der Waals surface area (Å²) >= 11 is 0. The molecule has 1 atom stereocenters. The molecule has 0 spiro atoms. The van der Waals surface area contributed by atoms with Crippen LogP contribution in [-0.4, -0.2) is 30.4 Å². The number of amides is 1. The lowest BCUT2D eigenvalue weighted by Gasteiger charge is -2.33. The lowest BCUT2D eigenvalue weighted by atomic mass is 10.0. The van der Waals surface area contributed by atoms with Crippen molar-refractivity contribution < 1.29 is 13.6 Å². The summed E-state index contributed by atoms with van der Waals surface area (Å²) in [6.07, 6.45) is 3.02. The number of carbonyl (C=O) groups excluding carboxylic acids is 1. The Morgan fingerprint density at radius 1 is 1.43 bits per heavy atom. The third-order valence-corrected chi connectivity index (χ3v) is 4.05. The highest BCUT2D eigenvalue weighted by atomic mass is 19.1. The quantitative estimate of drug-likeness (QED) is 0.945. The summed E-state index contributed by atoms with van der Waals surface area (Å²) in [5, 5.41) is 3.49. The van der Waals surface area contributed by atoms with Crippen molar-refractivity contribution in [2.45, 2.75) is 31.8 Å². The molecule has 2 heterocycles. The van der Waals surface area contributed by atoms with E-state index in [1.54, 1.807) is 13.1 Å². The minimum absolute atomic E-state index is 0.0526. The van der Waals surface area contributed by atoms with Crippen molar-refractivity contribution in [2.75, 3.05) is 13.6 Å². The first-order chi connectivity index (χ1) is 10.2. The average Bonchev–Trinajstić information content (AvgIpc) is 2.88. The van der Waals surface area contributed by atoms with E-state index in [0.717, 1.165) is 37.0 Å². The van der Waals surface area contributed by atoms with Gasteiger partial charge < -0.3 is 9.73 Å². The number of carbonyl (C=O) groups is 1. The fourth-order valence-corrected chi connectivity index (χ4v) is 2.99. The van der Waals surface area contributed by atoms with Crippen LogP contribution in [0.5, 0.6) is 0 Å². The zero-order chi connectivity index (χ0) is 14.8. The predicted molar refractivity (Wildman–Crippen MR) is 78.3 cm³/mol. The molecule has 112 valence electrons. The van der Waals surface area contributed by atoms with E-state index in [-0.39, 0.29) is 17.8 Å². The molecule has 0 radical (unpaired) electrons. The van der Waals surface area contributed by atoms with E-state index in [1.165, 1.54) is 12.1 Å². The highest BCUT2D eigenvalue weighted by molar-refractivity contribution is 5.81. The molecule has 21 heavy (non-hydrogen) atoms. The largest absolute Gasteiger partial charge is 0.460 e. The molecule has 1 aromatic carbocycles. The van der Waals surface area contributed by atoms with E-state index in [0.29, 0.717) is 12.1 Å². The van der Waals surface area contributed by atoms with Crippen LogP contribution in [0.1, 0.15) is 25.0 Å². The number of benzene rings is 1. The molecule has 5 heteroatoms. The summed E-state index contributed by atoms with van der Waals surface area (Å²) in [4.78, 5) is 14.1. The normalized spacial score (nSPS) is 19.8. The zero-order valence-corrected chi connectivity index (χ0v) is 12.1. The molecular formula is C16H19FN2O2. The molecule has 1 N–H and O–H groups in total. The van der Waals surface area contributed by atoms with E-state index in [1.807, 2.05) is 6.07 Å². The fraction of sp³-hybridized carbons (Fsp3) is 0.438. The van der Waals surface area contributed by atoms with Gasteiger partial charge in [0.05, 0.1) is 12.6 Å². The first-order valence-corrected chi connectivity index (χ1v) is 7.31. The fourth-order valence-electron chi connectivity index (χ4n) is 2.99. The maximum absolute atomic E-state index is 13.2. The van der Waals surface area contributed by atoms with Crippen LogP contribution in [0.25, 0.3) is 11.0 Å². The molecule has 0 saturated carbocycles. The lowest BCUT2D eigenvalue weighted by Crippen LogP contribution is -2.48. The van der Waals surface area contributed by atoms with Crippen LogP contribution < -0.4 is 5.32 Å². The Kier molecular flexibility index (Phi) is 3.92. The van der Waals surface area contributed by atoms with Crippen molar-refractivity contribution in [2.24, 2.45) is 0 Å². The maximum Gasteiger partial charge on any atom is 0.237 e. The summed E-state index contributed by atoms with van der Waals surface area (Å²) in [6.45, 7) is 1.46. The first kappa shape index (κ1) is 14.1. The van der Waals surface area contributed by atoms with Gasteiger partial charge in [-0.25, -0.2) is 4.39 Å². The van der Waals surface area contributed by atoms with Crippen LogP contribution in [0.4, 0.5) is 4.39 Å². The van der Waals surface area contributed by atoms with E-state index in [4.69, 9.17) is 4.42 Å². The minimum atomic E-state index is -0.268. The smallest absolute Gasteiger partial charge is 0.237 e. The van der Waals surface area contributed by atoms with Crippen molar-refractivity contribution in [1.29, 1.82) is 0 Å². The molecule has 0 aliphatic carbocycles. The minimum Gasteiger partial charge on any atom is -0.460 e. The third-order valence-electron chi connectivity index (χ3n) is 4.05. The van der Waals surface area contributed by atoms with Gasteiger partial charge in [0.15, 0.2) is 0 Å². The monoisotopic (exact) mass is 290 g/mol. The van der Waals surface area contributed by atoms with E-state index >= 15 is 0 Å². The van der Waals surface area contributed by atoms with Gasteiger partial charge in [-0.3, -0.25) is 9.69 Å². The SMILES string of the molecule is CNC(=O)[C@@H]1CCCCN1Cc1cc2cc(F)ccc2o1. The summed E-state index contributed by atoms with van der Waals surface area (Å²) in [5.74, 6) is 0.555. The van der Waals surface area contributed by atoms with Gasteiger partial charge in [0.2, 0.25) is 5.91 Å². The molecule has 1 saturated heterocycles. The summed E-state index contributed by atoms with van der Waals surface area (Å²) in [6, 6.07) is 6.25. The Bertz CT molecular complexity index is 653. The molecular weight excluding hydrogens is 271 g/mol. The van der Waals surface area contributed by atoms with Crippen molar-refractivity contribution in [1.82, 2.24) is 10.2 Å². The van der Waals surface area contributed by atoms with Gasteiger partial charge in [-0.05, 0) is 43.7 Å². The molecule has 1 fully saturated rings. The Morgan fingerprint density at radius 3 is 3.10 bits per heavy atom. The number of furan rings is 1. The number of piperidine rings is 1. The molecule has 1 aliphatic rings. The number of hydrogen-bond donors (Lipinski definition) is 1. The van der Waals surface area contributed by atoms with E-state index in [2.05, 4.69) is 10.2 Å². The second-order valence-corrected chi connectivity index (χ2v) is 5.49. The first-order valence-electron chi connectivity index (χ1n) is 7.31. The molecule has 2 aromatic rings. The van der Waals surface area contributed by atoms with Gasteiger partial charge in [-0.15, -0.1) is 0 Å². The Morgan fingerprint density at radius 2 is 2.29 bits per heavy atom.